The fourth-order valence-corrected chi connectivity index (χ4v) is 4.38. The van der Waals surface area contributed by atoms with E-state index in [0.29, 0.717) is 49.7 Å². The van der Waals surface area contributed by atoms with Crippen LogP contribution in [0.2, 0.25) is 0 Å². The molecule has 2 atom stereocenters. The van der Waals surface area contributed by atoms with Crippen LogP contribution in [-0.4, -0.2) is 51.3 Å². The Morgan fingerprint density at radius 2 is 2.16 bits per heavy atom. The van der Waals surface area contributed by atoms with Crippen molar-refractivity contribution in [1.82, 2.24) is 14.9 Å². The Morgan fingerprint density at radius 3 is 2.84 bits per heavy atom. The molecule has 4 rings (SSSR count). The number of amides is 1. The minimum Gasteiger partial charge on any atom is -0.474 e. The number of halogens is 1. The molecular weight excluding hydrogens is 401 g/mol. The Labute approximate surface area is 179 Å². The lowest BCUT2D eigenvalue weighted by Gasteiger charge is -2.39. The molecule has 8 nitrogen and oxygen atoms in total. The average molecular weight is 425 g/mol. The molecule has 3 heterocycles. The van der Waals surface area contributed by atoms with E-state index in [0.717, 1.165) is 5.56 Å². The number of piperidine rings is 1. The molecule has 1 aromatic carbocycles. The van der Waals surface area contributed by atoms with Gasteiger partial charge < -0.3 is 19.6 Å². The molecule has 1 saturated heterocycles. The van der Waals surface area contributed by atoms with Gasteiger partial charge in [-0.1, -0.05) is 13.8 Å². The maximum atomic E-state index is 14.1. The van der Waals surface area contributed by atoms with Gasteiger partial charge in [-0.05, 0) is 30.5 Å². The van der Waals surface area contributed by atoms with Gasteiger partial charge in [-0.25, -0.2) is 19.2 Å². The van der Waals surface area contributed by atoms with Gasteiger partial charge in [0.15, 0.2) is 0 Å². The van der Waals surface area contributed by atoms with Gasteiger partial charge in [0.1, 0.15) is 30.1 Å². The van der Waals surface area contributed by atoms with Crippen LogP contribution >= 0.6 is 0 Å². The predicted octanol–water partition coefficient (Wildman–Crippen LogP) is 3.73. The number of hydrogen-bond acceptors (Lipinski definition) is 6. The molecular formula is C22H24FN5O3. The Bertz CT molecular complexity index is 1040. The highest BCUT2D eigenvalue weighted by Crippen LogP contribution is 2.38. The van der Waals surface area contributed by atoms with E-state index in [2.05, 4.69) is 9.97 Å². The van der Waals surface area contributed by atoms with Crippen LogP contribution in [0, 0.1) is 23.1 Å². The van der Waals surface area contributed by atoms with E-state index >= 15 is 0 Å². The summed E-state index contributed by atoms with van der Waals surface area (Å²) in [4.78, 5) is 23.6. The lowest BCUT2D eigenvalue weighted by atomic mass is 9.91. The van der Waals surface area contributed by atoms with E-state index < -0.39 is 11.9 Å². The molecule has 2 aromatic rings. The van der Waals surface area contributed by atoms with Crippen molar-refractivity contribution in [2.24, 2.45) is 5.92 Å². The zero-order valence-corrected chi connectivity index (χ0v) is 17.5. The average Bonchev–Trinajstić information content (AvgIpc) is 3.18. The van der Waals surface area contributed by atoms with Crippen molar-refractivity contribution in [3.8, 4) is 11.9 Å². The minimum atomic E-state index is -0.898. The summed E-state index contributed by atoms with van der Waals surface area (Å²) in [6, 6.07) is 6.22. The van der Waals surface area contributed by atoms with Crippen molar-refractivity contribution in [3.05, 3.63) is 41.5 Å². The second kappa shape index (κ2) is 8.38. The lowest BCUT2D eigenvalue weighted by Crippen LogP contribution is -2.50. The van der Waals surface area contributed by atoms with Crippen molar-refractivity contribution >= 4 is 17.6 Å². The molecule has 0 saturated carbocycles. The largest absolute Gasteiger partial charge is 0.474 e. The van der Waals surface area contributed by atoms with Crippen LogP contribution in [-0.2, 0) is 6.42 Å². The summed E-state index contributed by atoms with van der Waals surface area (Å²) < 4.78 is 20.3. The number of fused-ring (bicyclic) bond motifs is 1. The first-order valence-corrected chi connectivity index (χ1v) is 10.4. The van der Waals surface area contributed by atoms with Crippen molar-refractivity contribution in [2.45, 2.75) is 45.3 Å². The summed E-state index contributed by atoms with van der Waals surface area (Å²) in [5, 5.41) is 18.4. The monoisotopic (exact) mass is 425 g/mol. The molecule has 1 fully saturated rings. The van der Waals surface area contributed by atoms with Crippen molar-refractivity contribution in [2.75, 3.05) is 18.0 Å². The maximum absolute atomic E-state index is 14.1. The van der Waals surface area contributed by atoms with Crippen LogP contribution in [0.3, 0.4) is 0 Å². The van der Waals surface area contributed by atoms with Crippen LogP contribution in [0.15, 0.2) is 24.5 Å². The molecule has 0 bridgehead atoms. The van der Waals surface area contributed by atoms with Crippen molar-refractivity contribution in [3.63, 3.8) is 0 Å². The minimum absolute atomic E-state index is 0.00212. The summed E-state index contributed by atoms with van der Waals surface area (Å²) in [7, 11) is 0. The number of ether oxygens (including phenoxy) is 1. The van der Waals surface area contributed by atoms with Crippen LogP contribution in [0.5, 0.6) is 5.88 Å². The molecule has 1 N–H and O–H groups in total. The molecule has 31 heavy (non-hydrogen) atoms. The van der Waals surface area contributed by atoms with Gasteiger partial charge in [-0.3, -0.25) is 0 Å². The molecule has 0 radical (unpaired) electrons. The summed E-state index contributed by atoms with van der Waals surface area (Å²) in [6.45, 7) is 5.05. The van der Waals surface area contributed by atoms with Gasteiger partial charge in [0.2, 0.25) is 5.88 Å². The third-order valence-corrected chi connectivity index (χ3v) is 6.00. The fraction of sp³-hybridized carbons (Fsp3) is 0.455. The number of nitrogens with zero attached hydrogens (tertiary/aromatic N) is 5. The van der Waals surface area contributed by atoms with Crippen LogP contribution in [0.25, 0.3) is 0 Å². The van der Waals surface area contributed by atoms with Crippen LogP contribution in [0.4, 0.5) is 20.7 Å². The first-order chi connectivity index (χ1) is 14.9. The quantitative estimate of drug-likeness (QED) is 0.796. The standard InChI is InChI=1S/C22H24FN5O3/c1-13(2)19-10-16(5-7-28(19)22(29)30)31-21-17-6-8-27(20(17)25-12-26-21)15-4-3-14(11-24)18(23)9-15/h3-4,9,12-13,16,19H,5-8,10H2,1-2H3,(H,29,30). The highest BCUT2D eigenvalue weighted by molar-refractivity contribution is 5.68. The summed E-state index contributed by atoms with van der Waals surface area (Å²) in [6.07, 6.45) is 2.24. The molecule has 2 aliphatic rings. The second-order valence-corrected chi connectivity index (χ2v) is 8.21. The first-order valence-electron chi connectivity index (χ1n) is 10.4. The fourth-order valence-electron chi connectivity index (χ4n) is 4.38. The SMILES string of the molecule is CC(C)C1CC(Oc2ncnc3c2CCN3c2ccc(C#N)c(F)c2)CCN1C(=O)O. The number of carboxylic acid groups (broad SMARTS) is 1. The Morgan fingerprint density at radius 1 is 1.35 bits per heavy atom. The summed E-state index contributed by atoms with van der Waals surface area (Å²) in [5.41, 5.74) is 1.48. The number of aromatic nitrogens is 2. The molecule has 9 heteroatoms. The lowest BCUT2D eigenvalue weighted by molar-refractivity contribution is 0.0361. The number of likely N-dealkylation sites (tertiary alicyclic amines) is 1. The zero-order valence-electron chi connectivity index (χ0n) is 17.5. The zero-order chi connectivity index (χ0) is 22.1. The smallest absolute Gasteiger partial charge is 0.407 e. The summed E-state index contributed by atoms with van der Waals surface area (Å²) >= 11 is 0. The maximum Gasteiger partial charge on any atom is 0.407 e. The van der Waals surface area contributed by atoms with E-state index in [9.17, 15) is 14.3 Å². The van der Waals surface area contributed by atoms with Crippen LogP contribution in [0.1, 0.15) is 37.8 Å². The van der Waals surface area contributed by atoms with E-state index in [1.807, 2.05) is 24.8 Å². The first kappa shape index (κ1) is 20.8. The highest BCUT2D eigenvalue weighted by atomic mass is 19.1. The number of hydrogen-bond donors (Lipinski definition) is 1. The molecule has 162 valence electrons. The Kier molecular flexibility index (Phi) is 5.63. The Balaban J connectivity index is 1.54. The van der Waals surface area contributed by atoms with Crippen molar-refractivity contribution < 1.29 is 19.0 Å². The van der Waals surface area contributed by atoms with Crippen LogP contribution < -0.4 is 9.64 Å². The van der Waals surface area contributed by atoms with Gasteiger partial charge in [-0.15, -0.1) is 0 Å². The van der Waals surface area contributed by atoms with Gasteiger partial charge >= 0.3 is 6.09 Å². The third kappa shape index (κ3) is 3.98. The molecule has 2 unspecified atom stereocenters. The van der Waals surface area contributed by atoms with Gasteiger partial charge in [-0.2, -0.15) is 5.26 Å². The molecule has 1 amide bonds. The normalized spacial score (nSPS) is 20.5. The molecule has 0 aliphatic carbocycles. The molecule has 0 spiro atoms. The van der Waals surface area contributed by atoms with Gasteiger partial charge in [0.25, 0.3) is 0 Å². The number of nitriles is 1. The third-order valence-electron chi connectivity index (χ3n) is 6.00. The van der Waals surface area contributed by atoms with E-state index in [1.54, 1.807) is 6.07 Å². The van der Waals surface area contributed by atoms with E-state index in [1.165, 1.54) is 23.4 Å². The molecule has 1 aromatic heterocycles. The second-order valence-electron chi connectivity index (χ2n) is 8.21. The summed E-state index contributed by atoms with van der Waals surface area (Å²) in [5.74, 6) is 0.777. The van der Waals surface area contributed by atoms with Crippen molar-refractivity contribution in [1.29, 1.82) is 5.26 Å². The number of rotatable bonds is 4. The topological polar surface area (TPSA) is 103 Å². The highest BCUT2D eigenvalue weighted by Gasteiger charge is 2.35. The van der Waals surface area contributed by atoms with E-state index in [4.69, 9.17) is 10.00 Å². The predicted molar refractivity (Wildman–Crippen MR) is 111 cm³/mol. The number of carbonyl (C=O) groups is 1. The van der Waals surface area contributed by atoms with Gasteiger partial charge in [0.05, 0.1) is 11.1 Å². The van der Waals surface area contributed by atoms with E-state index in [-0.39, 0.29) is 23.6 Å². The number of benzene rings is 1. The number of anilines is 2. The van der Waals surface area contributed by atoms with Gasteiger partial charge in [0, 0.05) is 37.7 Å². The Hall–Kier alpha value is -3.41. The molecule has 2 aliphatic heterocycles.